The van der Waals surface area contributed by atoms with Gasteiger partial charge in [-0.25, -0.2) is 4.79 Å². The van der Waals surface area contributed by atoms with E-state index in [-0.39, 0.29) is 5.57 Å². The molecule has 0 saturated heterocycles. The molecular formula is C20H17BrN2O4. The zero-order chi connectivity index (χ0) is 19.8. The quantitative estimate of drug-likeness (QED) is 0.428. The van der Waals surface area contributed by atoms with Crippen LogP contribution in [0.4, 0.5) is 5.69 Å². The Hall–Kier alpha value is -3.11. The van der Waals surface area contributed by atoms with Gasteiger partial charge in [-0.1, -0.05) is 18.2 Å². The van der Waals surface area contributed by atoms with Gasteiger partial charge in [-0.2, -0.15) is 5.26 Å². The van der Waals surface area contributed by atoms with E-state index >= 15 is 0 Å². The molecule has 0 unspecified atom stereocenters. The maximum absolute atomic E-state index is 12.0. The molecule has 0 saturated carbocycles. The second-order valence-corrected chi connectivity index (χ2v) is 6.40. The number of methoxy groups -OCH3 is 1. The highest BCUT2D eigenvalue weighted by molar-refractivity contribution is 9.10. The number of halogens is 1. The van der Waals surface area contributed by atoms with Crippen LogP contribution in [0, 0.1) is 18.3 Å². The summed E-state index contributed by atoms with van der Waals surface area (Å²) in [5.74, 6) is -0.715. The lowest BCUT2D eigenvalue weighted by molar-refractivity contribution is -0.142. The molecule has 7 heteroatoms. The molecule has 2 aromatic carbocycles. The molecule has 0 atom stereocenters. The van der Waals surface area contributed by atoms with Crippen molar-refractivity contribution in [3.63, 3.8) is 0 Å². The molecule has 0 spiro atoms. The Morgan fingerprint density at radius 1 is 1.22 bits per heavy atom. The monoisotopic (exact) mass is 428 g/mol. The SMILES string of the molecule is COc1ccc(C=C(C#N)C(=O)OCC(=O)Nc2ccc(C)cc2Br)cc1. The lowest BCUT2D eigenvalue weighted by Gasteiger charge is -2.08. The highest BCUT2D eigenvalue weighted by Gasteiger charge is 2.14. The number of carbonyl (C=O) groups is 2. The number of carbonyl (C=O) groups excluding carboxylic acids is 2. The molecule has 138 valence electrons. The Kier molecular flexibility index (Phi) is 7.15. The minimum atomic E-state index is -0.869. The van der Waals surface area contributed by atoms with Crippen LogP contribution in [0.5, 0.6) is 5.75 Å². The highest BCUT2D eigenvalue weighted by atomic mass is 79.9. The number of hydrogen-bond acceptors (Lipinski definition) is 5. The summed E-state index contributed by atoms with van der Waals surface area (Å²) in [6.07, 6.45) is 1.39. The lowest BCUT2D eigenvalue weighted by Crippen LogP contribution is -2.21. The number of nitrogens with zero attached hydrogens (tertiary/aromatic N) is 1. The van der Waals surface area contributed by atoms with Gasteiger partial charge in [0.05, 0.1) is 12.8 Å². The third-order valence-corrected chi connectivity index (χ3v) is 4.16. The number of rotatable bonds is 6. The Morgan fingerprint density at radius 3 is 2.52 bits per heavy atom. The third-order valence-electron chi connectivity index (χ3n) is 3.50. The van der Waals surface area contributed by atoms with Crippen LogP contribution in [0.3, 0.4) is 0 Å². The number of ether oxygens (including phenoxy) is 2. The first-order valence-electron chi connectivity index (χ1n) is 7.92. The first kappa shape index (κ1) is 20.2. The summed E-state index contributed by atoms with van der Waals surface area (Å²) in [7, 11) is 1.54. The van der Waals surface area contributed by atoms with Crippen LogP contribution in [-0.2, 0) is 14.3 Å². The average molecular weight is 429 g/mol. The van der Waals surface area contributed by atoms with Crippen molar-refractivity contribution in [3.05, 3.63) is 63.6 Å². The Bertz CT molecular complexity index is 915. The smallest absolute Gasteiger partial charge is 0.349 e. The fourth-order valence-electron chi connectivity index (χ4n) is 2.12. The van der Waals surface area contributed by atoms with Crippen molar-refractivity contribution in [3.8, 4) is 11.8 Å². The fraction of sp³-hybridized carbons (Fsp3) is 0.150. The first-order chi connectivity index (χ1) is 12.9. The molecule has 2 aromatic rings. The van der Waals surface area contributed by atoms with Gasteiger partial charge in [0.25, 0.3) is 5.91 Å². The molecule has 0 bridgehead atoms. The normalized spacial score (nSPS) is 10.7. The molecule has 0 fully saturated rings. The Morgan fingerprint density at radius 2 is 1.93 bits per heavy atom. The lowest BCUT2D eigenvalue weighted by atomic mass is 10.1. The minimum absolute atomic E-state index is 0.204. The summed E-state index contributed by atoms with van der Waals surface area (Å²) < 4.78 is 10.7. The van der Waals surface area contributed by atoms with E-state index in [2.05, 4.69) is 21.2 Å². The predicted octanol–water partition coefficient (Wildman–Crippen LogP) is 3.86. The van der Waals surface area contributed by atoms with Crippen LogP contribution in [0.1, 0.15) is 11.1 Å². The van der Waals surface area contributed by atoms with Gasteiger partial charge in [-0.15, -0.1) is 0 Å². The van der Waals surface area contributed by atoms with Crippen LogP contribution >= 0.6 is 15.9 Å². The van der Waals surface area contributed by atoms with Crippen molar-refractivity contribution < 1.29 is 19.1 Å². The zero-order valence-electron chi connectivity index (χ0n) is 14.8. The summed E-state index contributed by atoms with van der Waals surface area (Å²) in [5, 5.41) is 11.8. The topological polar surface area (TPSA) is 88.4 Å². The van der Waals surface area contributed by atoms with Crippen LogP contribution < -0.4 is 10.1 Å². The van der Waals surface area contributed by atoms with Crippen molar-refractivity contribution in [1.82, 2.24) is 0 Å². The van der Waals surface area contributed by atoms with Gasteiger partial charge in [-0.3, -0.25) is 4.79 Å². The standard InChI is InChI=1S/C20H17BrN2O4/c1-13-3-8-18(17(21)9-13)23-19(24)12-27-20(25)15(11-22)10-14-4-6-16(26-2)7-5-14/h3-10H,12H2,1-2H3,(H,23,24). The van der Waals surface area contributed by atoms with Crippen LogP contribution in [0.2, 0.25) is 0 Å². The minimum Gasteiger partial charge on any atom is -0.497 e. The average Bonchev–Trinajstić information content (AvgIpc) is 2.67. The molecule has 0 aliphatic rings. The number of aryl methyl sites for hydroxylation is 1. The second-order valence-electron chi connectivity index (χ2n) is 5.55. The van der Waals surface area contributed by atoms with Crippen molar-refractivity contribution in [2.75, 3.05) is 19.0 Å². The third kappa shape index (κ3) is 5.97. The van der Waals surface area contributed by atoms with E-state index in [9.17, 15) is 14.9 Å². The van der Waals surface area contributed by atoms with Gasteiger partial charge >= 0.3 is 5.97 Å². The maximum Gasteiger partial charge on any atom is 0.349 e. The van der Waals surface area contributed by atoms with Crippen molar-refractivity contribution in [2.45, 2.75) is 6.92 Å². The first-order valence-corrected chi connectivity index (χ1v) is 8.71. The van der Waals surface area contributed by atoms with Gasteiger partial charge in [0.15, 0.2) is 6.61 Å². The Balaban J connectivity index is 1.96. The number of amides is 1. The zero-order valence-corrected chi connectivity index (χ0v) is 16.4. The van der Waals surface area contributed by atoms with E-state index in [4.69, 9.17) is 9.47 Å². The molecule has 2 rings (SSSR count). The molecule has 0 radical (unpaired) electrons. The molecule has 0 aliphatic heterocycles. The molecule has 1 N–H and O–H groups in total. The predicted molar refractivity (Wildman–Crippen MR) is 105 cm³/mol. The summed E-state index contributed by atoms with van der Waals surface area (Å²) in [6.45, 7) is 1.43. The molecule has 0 heterocycles. The maximum atomic E-state index is 12.0. The number of benzene rings is 2. The Labute approximate surface area is 165 Å². The van der Waals surface area contributed by atoms with Gasteiger partial charge in [0, 0.05) is 4.47 Å². The number of anilines is 1. The number of hydrogen-bond donors (Lipinski definition) is 1. The van der Waals surface area contributed by atoms with Gasteiger partial charge < -0.3 is 14.8 Å². The molecule has 1 amide bonds. The number of nitriles is 1. The summed E-state index contributed by atoms with van der Waals surface area (Å²) in [5.41, 5.74) is 2.03. The van der Waals surface area contributed by atoms with E-state index in [1.165, 1.54) is 6.08 Å². The van der Waals surface area contributed by atoms with E-state index in [0.717, 1.165) is 10.0 Å². The highest BCUT2D eigenvalue weighted by Crippen LogP contribution is 2.23. The van der Waals surface area contributed by atoms with Crippen molar-refractivity contribution >= 4 is 39.6 Å². The molecule has 0 aromatic heterocycles. The van der Waals surface area contributed by atoms with E-state index in [1.807, 2.05) is 19.1 Å². The van der Waals surface area contributed by atoms with E-state index < -0.39 is 18.5 Å². The van der Waals surface area contributed by atoms with Gasteiger partial charge in [0.2, 0.25) is 0 Å². The van der Waals surface area contributed by atoms with Gasteiger partial charge in [-0.05, 0) is 64.3 Å². The molecule has 0 aliphatic carbocycles. The van der Waals surface area contributed by atoms with Gasteiger partial charge in [0.1, 0.15) is 17.4 Å². The largest absolute Gasteiger partial charge is 0.497 e. The summed E-state index contributed by atoms with van der Waals surface area (Å²) in [4.78, 5) is 24.0. The fourth-order valence-corrected chi connectivity index (χ4v) is 2.71. The van der Waals surface area contributed by atoms with Crippen LogP contribution in [0.25, 0.3) is 6.08 Å². The molecular weight excluding hydrogens is 412 g/mol. The van der Waals surface area contributed by atoms with Crippen molar-refractivity contribution in [2.24, 2.45) is 0 Å². The van der Waals surface area contributed by atoms with E-state index in [1.54, 1.807) is 43.5 Å². The molecule has 27 heavy (non-hydrogen) atoms. The van der Waals surface area contributed by atoms with Crippen molar-refractivity contribution in [1.29, 1.82) is 5.26 Å². The number of nitrogens with one attached hydrogen (secondary N) is 1. The second kappa shape index (κ2) is 9.55. The molecule has 6 nitrogen and oxygen atoms in total. The van der Waals surface area contributed by atoms with E-state index in [0.29, 0.717) is 17.0 Å². The number of esters is 1. The van der Waals surface area contributed by atoms with Crippen LogP contribution in [0.15, 0.2) is 52.5 Å². The summed E-state index contributed by atoms with van der Waals surface area (Å²) >= 11 is 3.35. The summed E-state index contributed by atoms with van der Waals surface area (Å²) in [6, 6.07) is 14.0. The van der Waals surface area contributed by atoms with Crippen LogP contribution in [-0.4, -0.2) is 25.6 Å².